The molecule has 51 heavy (non-hydrogen) atoms. The minimum absolute atomic E-state index is 0.0490. The molecule has 6 aromatic rings. The number of nitrogen functional groups attached to an aromatic ring is 1. The van der Waals surface area contributed by atoms with Gasteiger partial charge in [-0.25, -0.2) is 0 Å². The van der Waals surface area contributed by atoms with Crippen LogP contribution in [0.25, 0.3) is 0 Å². The van der Waals surface area contributed by atoms with Crippen LogP contribution in [0.4, 0.5) is 22.7 Å². The van der Waals surface area contributed by atoms with E-state index < -0.39 is 5.41 Å². The zero-order valence-electron chi connectivity index (χ0n) is 30.7. The molecule has 1 aliphatic carbocycles. The normalized spacial score (nSPS) is 13.7. The fourth-order valence-corrected chi connectivity index (χ4v) is 7.83. The van der Waals surface area contributed by atoms with Crippen molar-refractivity contribution in [1.29, 1.82) is 5.26 Å². The van der Waals surface area contributed by atoms with Gasteiger partial charge in [0.1, 0.15) is 6.07 Å². The number of nitriles is 1. The van der Waals surface area contributed by atoms with Crippen LogP contribution in [0, 0.1) is 11.3 Å². The highest BCUT2D eigenvalue weighted by atomic mass is 15.1. The van der Waals surface area contributed by atoms with Crippen LogP contribution in [-0.4, -0.2) is 0 Å². The highest BCUT2D eigenvalue weighted by Crippen LogP contribution is 2.52. The zero-order valence-corrected chi connectivity index (χ0v) is 30.7. The summed E-state index contributed by atoms with van der Waals surface area (Å²) in [5.41, 5.74) is 20.2. The first-order valence-corrected chi connectivity index (χ1v) is 18.0. The molecule has 0 unspecified atom stereocenters. The fraction of sp³-hybridized carbons (Fsp3) is 0.229. The topological polar surface area (TPSA) is 53.0 Å². The molecule has 6 aromatic carbocycles. The Bertz CT molecular complexity index is 2110. The van der Waals surface area contributed by atoms with E-state index in [1.165, 1.54) is 22.3 Å². The first-order valence-electron chi connectivity index (χ1n) is 18.0. The van der Waals surface area contributed by atoms with Crippen LogP contribution in [0.5, 0.6) is 0 Å². The second kappa shape index (κ2) is 12.9. The Morgan fingerprint density at radius 2 is 1.00 bits per heavy atom. The van der Waals surface area contributed by atoms with Crippen LogP contribution < -0.4 is 10.6 Å². The third kappa shape index (κ3) is 6.10. The summed E-state index contributed by atoms with van der Waals surface area (Å²) in [4.78, 5) is 2.39. The van der Waals surface area contributed by atoms with E-state index in [2.05, 4.69) is 186 Å². The maximum Gasteiger partial charge on any atom is 0.101 e. The van der Waals surface area contributed by atoms with Gasteiger partial charge in [-0.3, -0.25) is 0 Å². The molecule has 7 rings (SSSR count). The van der Waals surface area contributed by atoms with Gasteiger partial charge in [0.2, 0.25) is 0 Å². The smallest absolute Gasteiger partial charge is 0.101 e. The zero-order chi connectivity index (χ0) is 36.0. The van der Waals surface area contributed by atoms with Crippen LogP contribution in [0.15, 0.2) is 140 Å². The summed E-state index contributed by atoms with van der Waals surface area (Å²) in [6.07, 6.45) is 1.66. The lowest BCUT2D eigenvalue weighted by Gasteiger charge is -2.39. The summed E-state index contributed by atoms with van der Waals surface area (Å²) in [7, 11) is 0. The van der Waals surface area contributed by atoms with Gasteiger partial charge in [-0.2, -0.15) is 5.26 Å². The molecule has 0 fully saturated rings. The summed E-state index contributed by atoms with van der Waals surface area (Å²) >= 11 is 0. The number of rotatable bonds is 5. The molecular formula is C48H47N3. The number of anilines is 4. The van der Waals surface area contributed by atoms with E-state index >= 15 is 0 Å². The molecule has 0 bridgehead atoms. The lowest BCUT2D eigenvalue weighted by Crippen LogP contribution is -2.32. The van der Waals surface area contributed by atoms with Crippen LogP contribution in [0.1, 0.15) is 91.6 Å². The molecule has 0 aromatic heterocycles. The standard InChI is InChI=1S/C48H47N3/c1-46(2,3)36-20-25-40(26-21-36)51(41-27-22-37(23-28-41)47(4,5)6)42-24-19-33-17-18-34-29-35(32-49)45(50)31-44(34)48(43(33)30-42,38-13-9-7-10-14-38)39-15-11-8-12-16-39/h7-16,19-31H,17-18,50H2,1-6H3. The minimum atomic E-state index is -0.681. The van der Waals surface area contributed by atoms with E-state index in [0.29, 0.717) is 11.3 Å². The molecule has 0 saturated heterocycles. The summed E-state index contributed by atoms with van der Waals surface area (Å²) in [6.45, 7) is 13.5. The van der Waals surface area contributed by atoms with E-state index in [-0.39, 0.29) is 10.8 Å². The predicted octanol–water partition coefficient (Wildman–Crippen LogP) is 11.7. The second-order valence-corrected chi connectivity index (χ2v) is 16.0. The van der Waals surface area contributed by atoms with Gasteiger partial charge in [0.25, 0.3) is 0 Å². The average molecular weight is 666 g/mol. The molecule has 0 radical (unpaired) electrons. The predicted molar refractivity (Wildman–Crippen MR) is 213 cm³/mol. The van der Waals surface area contributed by atoms with E-state index in [4.69, 9.17) is 5.73 Å². The summed E-state index contributed by atoms with van der Waals surface area (Å²) in [5, 5.41) is 10.0. The minimum Gasteiger partial charge on any atom is -0.398 e. The Morgan fingerprint density at radius 1 is 0.549 bits per heavy atom. The SMILES string of the molecule is CC(C)(C)c1ccc(N(c2ccc(C(C)(C)C)cc2)c2ccc3c(c2)C(c2ccccc2)(c2ccccc2)c2cc(N)c(C#N)cc2CC3)cc1. The Morgan fingerprint density at radius 3 is 1.47 bits per heavy atom. The molecule has 2 N–H and O–H groups in total. The molecule has 3 heteroatoms. The van der Waals surface area contributed by atoms with Gasteiger partial charge in [-0.05, 0) is 117 Å². The van der Waals surface area contributed by atoms with E-state index in [9.17, 15) is 5.26 Å². The molecule has 0 amide bonds. The molecule has 0 spiro atoms. The van der Waals surface area contributed by atoms with Crippen molar-refractivity contribution in [2.24, 2.45) is 0 Å². The highest BCUT2D eigenvalue weighted by Gasteiger charge is 2.43. The number of hydrogen-bond acceptors (Lipinski definition) is 3. The van der Waals surface area contributed by atoms with Crippen molar-refractivity contribution >= 4 is 22.7 Å². The van der Waals surface area contributed by atoms with Gasteiger partial charge in [0.05, 0.1) is 11.0 Å². The van der Waals surface area contributed by atoms with Gasteiger partial charge in [-0.15, -0.1) is 0 Å². The van der Waals surface area contributed by atoms with Crippen LogP contribution >= 0.6 is 0 Å². The molecule has 0 heterocycles. The van der Waals surface area contributed by atoms with Crippen molar-refractivity contribution in [2.45, 2.75) is 70.6 Å². The average Bonchev–Trinajstić information content (AvgIpc) is 3.26. The van der Waals surface area contributed by atoms with E-state index in [1.54, 1.807) is 0 Å². The van der Waals surface area contributed by atoms with Crippen LogP contribution in [-0.2, 0) is 29.1 Å². The molecule has 0 atom stereocenters. The Kier molecular flexibility index (Phi) is 8.60. The van der Waals surface area contributed by atoms with Crippen LogP contribution in [0.2, 0.25) is 0 Å². The third-order valence-corrected chi connectivity index (χ3v) is 10.6. The number of aryl methyl sites for hydroxylation is 2. The van der Waals surface area contributed by atoms with Gasteiger partial charge < -0.3 is 10.6 Å². The molecular weight excluding hydrogens is 619 g/mol. The first kappa shape index (κ1) is 33.9. The van der Waals surface area contributed by atoms with Gasteiger partial charge in [-0.1, -0.05) is 133 Å². The quantitative estimate of drug-likeness (QED) is 0.186. The number of hydrogen-bond donors (Lipinski definition) is 1. The fourth-order valence-electron chi connectivity index (χ4n) is 7.83. The molecule has 0 aliphatic heterocycles. The van der Waals surface area contributed by atoms with Crippen molar-refractivity contribution < 1.29 is 0 Å². The van der Waals surface area contributed by atoms with E-state index in [1.807, 2.05) is 6.07 Å². The number of nitrogens with zero attached hydrogens (tertiary/aromatic N) is 2. The Labute approximate surface area is 304 Å². The molecule has 1 aliphatic rings. The maximum atomic E-state index is 10.0. The van der Waals surface area contributed by atoms with Crippen LogP contribution in [0.3, 0.4) is 0 Å². The third-order valence-electron chi connectivity index (χ3n) is 10.6. The van der Waals surface area contributed by atoms with Gasteiger partial charge >= 0.3 is 0 Å². The van der Waals surface area contributed by atoms with E-state index in [0.717, 1.165) is 52.2 Å². The van der Waals surface area contributed by atoms with Gasteiger partial charge in [0.15, 0.2) is 0 Å². The maximum absolute atomic E-state index is 10.0. The summed E-state index contributed by atoms with van der Waals surface area (Å²) in [6, 6.07) is 53.1. The Balaban J connectivity index is 1.54. The number of nitrogens with two attached hydrogens (primary N) is 1. The molecule has 3 nitrogen and oxygen atoms in total. The lowest BCUT2D eigenvalue weighted by molar-refractivity contribution is 0.590. The summed E-state index contributed by atoms with van der Waals surface area (Å²) in [5.74, 6) is 0. The highest BCUT2D eigenvalue weighted by molar-refractivity contribution is 5.79. The van der Waals surface area contributed by atoms with Gasteiger partial charge in [0, 0.05) is 22.7 Å². The number of benzene rings is 6. The molecule has 254 valence electrons. The van der Waals surface area contributed by atoms with Crippen molar-refractivity contribution in [3.63, 3.8) is 0 Å². The van der Waals surface area contributed by atoms with Crippen molar-refractivity contribution in [1.82, 2.24) is 0 Å². The van der Waals surface area contributed by atoms with Crippen molar-refractivity contribution in [2.75, 3.05) is 10.6 Å². The molecule has 0 saturated carbocycles. The van der Waals surface area contributed by atoms with Crippen molar-refractivity contribution in [3.05, 3.63) is 190 Å². The first-order chi connectivity index (χ1) is 24.4. The second-order valence-electron chi connectivity index (χ2n) is 16.0. The number of fused-ring (bicyclic) bond motifs is 2. The lowest BCUT2D eigenvalue weighted by atomic mass is 9.63. The summed E-state index contributed by atoms with van der Waals surface area (Å²) < 4.78 is 0. The largest absolute Gasteiger partial charge is 0.398 e. The monoisotopic (exact) mass is 665 g/mol. The van der Waals surface area contributed by atoms with Crippen molar-refractivity contribution in [3.8, 4) is 6.07 Å². The Hall–Kier alpha value is -5.59.